The Bertz CT molecular complexity index is 873. The van der Waals surface area contributed by atoms with Gasteiger partial charge in [-0.1, -0.05) is 36.4 Å². The van der Waals surface area contributed by atoms with Crippen LogP contribution in [0.15, 0.2) is 54.7 Å². The molecule has 3 rings (SSSR count). The van der Waals surface area contributed by atoms with Gasteiger partial charge in [0.1, 0.15) is 0 Å². The maximum Gasteiger partial charge on any atom is 0.361 e. The zero-order valence-electron chi connectivity index (χ0n) is 12.3. The van der Waals surface area contributed by atoms with Crippen LogP contribution in [0, 0.1) is 10.1 Å². The second-order valence-corrected chi connectivity index (χ2v) is 5.08. The summed E-state index contributed by atoms with van der Waals surface area (Å²) in [5.41, 5.74) is 1.08. The van der Waals surface area contributed by atoms with Gasteiger partial charge in [0, 0.05) is 6.07 Å². The van der Waals surface area contributed by atoms with Crippen molar-refractivity contribution < 1.29 is 9.72 Å². The van der Waals surface area contributed by atoms with Crippen molar-refractivity contribution in [1.82, 2.24) is 14.7 Å². The molecule has 0 fully saturated rings. The normalized spacial score (nSPS) is 12.0. The molecule has 7 nitrogen and oxygen atoms in total. The maximum atomic E-state index is 12.4. The number of aromatic nitrogens is 2. The molecule has 1 amide bonds. The van der Waals surface area contributed by atoms with Gasteiger partial charge in [-0.25, -0.2) is 0 Å². The van der Waals surface area contributed by atoms with Crippen molar-refractivity contribution in [2.75, 3.05) is 0 Å². The number of imidazole rings is 1. The average molecular weight is 310 g/mol. The summed E-state index contributed by atoms with van der Waals surface area (Å²) in [4.78, 5) is 27.2. The van der Waals surface area contributed by atoms with E-state index in [0.29, 0.717) is 5.65 Å². The Morgan fingerprint density at radius 2 is 1.91 bits per heavy atom. The molecule has 2 aromatic heterocycles. The number of hydrogen-bond donors (Lipinski definition) is 1. The number of benzene rings is 1. The van der Waals surface area contributed by atoms with Gasteiger partial charge >= 0.3 is 5.82 Å². The third kappa shape index (κ3) is 2.76. The molecule has 0 spiro atoms. The van der Waals surface area contributed by atoms with Gasteiger partial charge in [0.05, 0.1) is 12.2 Å². The van der Waals surface area contributed by atoms with E-state index in [0.717, 1.165) is 5.56 Å². The molecule has 2 heterocycles. The van der Waals surface area contributed by atoms with Crippen LogP contribution in [-0.2, 0) is 0 Å². The Balaban J connectivity index is 1.95. The number of nitrogens with one attached hydrogen (secondary N) is 1. The zero-order valence-corrected chi connectivity index (χ0v) is 12.3. The van der Waals surface area contributed by atoms with Crippen LogP contribution in [0.3, 0.4) is 0 Å². The standard InChI is InChI=1S/C16H14N4O3/c1-11(12-7-3-2-4-8-12)17-15(21)14-16(20(22)23)19-10-6-5-9-13(19)18-14/h2-11H,1H3,(H,17,21). The minimum Gasteiger partial charge on any atom is -0.358 e. The molecule has 0 aliphatic rings. The lowest BCUT2D eigenvalue weighted by Gasteiger charge is -2.13. The van der Waals surface area contributed by atoms with Crippen molar-refractivity contribution in [3.8, 4) is 0 Å². The van der Waals surface area contributed by atoms with Crippen LogP contribution in [0.25, 0.3) is 5.65 Å². The quantitative estimate of drug-likeness (QED) is 0.592. The van der Waals surface area contributed by atoms with Gasteiger partial charge in [0.2, 0.25) is 11.3 Å². The second kappa shape index (κ2) is 5.88. The van der Waals surface area contributed by atoms with Crippen LogP contribution in [0.4, 0.5) is 5.82 Å². The van der Waals surface area contributed by atoms with Crippen LogP contribution in [0.2, 0.25) is 0 Å². The number of amides is 1. The van der Waals surface area contributed by atoms with E-state index in [2.05, 4.69) is 10.3 Å². The number of rotatable bonds is 4. The fourth-order valence-electron chi connectivity index (χ4n) is 2.40. The van der Waals surface area contributed by atoms with Crippen molar-refractivity contribution >= 4 is 17.4 Å². The van der Waals surface area contributed by atoms with Crippen molar-refractivity contribution in [2.45, 2.75) is 13.0 Å². The molecule has 7 heteroatoms. The van der Waals surface area contributed by atoms with E-state index >= 15 is 0 Å². The van der Waals surface area contributed by atoms with E-state index in [-0.39, 0.29) is 17.6 Å². The van der Waals surface area contributed by atoms with Crippen molar-refractivity contribution in [1.29, 1.82) is 0 Å². The van der Waals surface area contributed by atoms with Crippen LogP contribution in [-0.4, -0.2) is 20.2 Å². The predicted octanol–water partition coefficient (Wildman–Crippen LogP) is 2.73. The van der Waals surface area contributed by atoms with Crippen LogP contribution in [0.1, 0.15) is 29.0 Å². The molecule has 1 unspecified atom stereocenters. The first-order chi connectivity index (χ1) is 11.1. The number of hydrogen-bond acceptors (Lipinski definition) is 4. The van der Waals surface area contributed by atoms with E-state index in [1.165, 1.54) is 10.6 Å². The minimum atomic E-state index is -0.595. The molecule has 0 saturated carbocycles. The molecule has 1 atom stereocenters. The largest absolute Gasteiger partial charge is 0.361 e. The van der Waals surface area contributed by atoms with Gasteiger partial charge in [-0.2, -0.15) is 9.38 Å². The molecule has 1 N–H and O–H groups in total. The molecule has 0 bridgehead atoms. The zero-order chi connectivity index (χ0) is 16.4. The van der Waals surface area contributed by atoms with E-state index < -0.39 is 10.8 Å². The highest BCUT2D eigenvalue weighted by Gasteiger charge is 2.28. The Hall–Kier alpha value is -3.22. The lowest BCUT2D eigenvalue weighted by Crippen LogP contribution is -2.27. The van der Waals surface area contributed by atoms with Crippen LogP contribution < -0.4 is 5.32 Å². The Labute approximate surface area is 131 Å². The summed E-state index contributed by atoms with van der Waals surface area (Å²) in [6.45, 7) is 1.81. The van der Waals surface area contributed by atoms with Gasteiger partial charge in [0.15, 0.2) is 0 Å². The summed E-state index contributed by atoms with van der Waals surface area (Å²) in [7, 11) is 0. The molecular formula is C16H14N4O3. The highest BCUT2D eigenvalue weighted by molar-refractivity contribution is 5.97. The number of nitro groups is 1. The van der Waals surface area contributed by atoms with Gasteiger partial charge in [-0.15, -0.1) is 0 Å². The summed E-state index contributed by atoms with van der Waals surface area (Å²) in [6.07, 6.45) is 1.51. The number of nitrogens with zero attached hydrogens (tertiary/aromatic N) is 3. The number of carbonyl (C=O) groups excluding carboxylic acids is 1. The average Bonchev–Trinajstić information content (AvgIpc) is 2.95. The fourth-order valence-corrected chi connectivity index (χ4v) is 2.40. The lowest BCUT2D eigenvalue weighted by atomic mass is 10.1. The van der Waals surface area contributed by atoms with Gasteiger partial charge in [0.25, 0.3) is 5.91 Å². The Morgan fingerprint density at radius 3 is 2.61 bits per heavy atom. The Kier molecular flexibility index (Phi) is 3.76. The van der Waals surface area contributed by atoms with Crippen LogP contribution in [0.5, 0.6) is 0 Å². The van der Waals surface area contributed by atoms with Crippen molar-refractivity contribution in [2.24, 2.45) is 0 Å². The van der Waals surface area contributed by atoms with E-state index in [9.17, 15) is 14.9 Å². The third-order valence-corrected chi connectivity index (χ3v) is 3.54. The highest BCUT2D eigenvalue weighted by atomic mass is 16.6. The minimum absolute atomic E-state index is 0.191. The number of pyridine rings is 1. The van der Waals surface area contributed by atoms with E-state index in [1.807, 2.05) is 37.3 Å². The highest BCUT2D eigenvalue weighted by Crippen LogP contribution is 2.21. The number of fused-ring (bicyclic) bond motifs is 1. The molecule has 0 saturated heterocycles. The molecule has 23 heavy (non-hydrogen) atoms. The fraction of sp³-hybridized carbons (Fsp3) is 0.125. The molecular weight excluding hydrogens is 296 g/mol. The van der Waals surface area contributed by atoms with Gasteiger partial charge in [-0.3, -0.25) is 4.79 Å². The Morgan fingerprint density at radius 1 is 1.22 bits per heavy atom. The van der Waals surface area contributed by atoms with E-state index in [4.69, 9.17) is 0 Å². The summed E-state index contributed by atoms with van der Waals surface area (Å²) >= 11 is 0. The maximum absolute atomic E-state index is 12.4. The molecule has 0 aliphatic carbocycles. The molecule has 0 aliphatic heterocycles. The monoisotopic (exact) mass is 310 g/mol. The third-order valence-electron chi connectivity index (χ3n) is 3.54. The molecule has 116 valence electrons. The van der Waals surface area contributed by atoms with Gasteiger partial charge in [-0.05, 0) is 23.5 Å². The lowest BCUT2D eigenvalue weighted by molar-refractivity contribution is -0.390. The smallest absolute Gasteiger partial charge is 0.358 e. The predicted molar refractivity (Wildman–Crippen MR) is 84.2 cm³/mol. The topological polar surface area (TPSA) is 89.5 Å². The molecule has 0 radical (unpaired) electrons. The van der Waals surface area contributed by atoms with Crippen molar-refractivity contribution in [3.63, 3.8) is 0 Å². The summed E-state index contributed by atoms with van der Waals surface area (Å²) < 4.78 is 1.29. The first-order valence-electron chi connectivity index (χ1n) is 7.05. The molecule has 1 aromatic carbocycles. The van der Waals surface area contributed by atoms with Crippen molar-refractivity contribution in [3.05, 3.63) is 76.1 Å². The number of carbonyl (C=O) groups is 1. The van der Waals surface area contributed by atoms with Gasteiger partial charge < -0.3 is 15.4 Å². The summed E-state index contributed by atoms with van der Waals surface area (Å²) in [5.74, 6) is -0.907. The molecule has 3 aromatic rings. The first kappa shape index (κ1) is 14.7. The van der Waals surface area contributed by atoms with Crippen LogP contribution >= 0.6 is 0 Å². The summed E-state index contributed by atoms with van der Waals surface area (Å²) in [6, 6.07) is 14.1. The SMILES string of the molecule is CC(NC(=O)c1nc2ccccn2c1[N+](=O)[O-])c1ccccc1. The van der Waals surface area contributed by atoms with E-state index in [1.54, 1.807) is 18.2 Å². The second-order valence-electron chi connectivity index (χ2n) is 5.08. The summed E-state index contributed by atoms with van der Waals surface area (Å²) in [5, 5.41) is 14.1. The first-order valence-corrected chi connectivity index (χ1v) is 7.05.